The molecule has 0 unspecified atom stereocenters. The number of imide groups is 2. The Kier molecular flexibility index (Phi) is 6.08. The first-order valence-corrected chi connectivity index (χ1v) is 10.5. The standard InChI is InChI=1S/C20H17I2N3O3/c1-10-4-11(2)6-13(5-10)25-19(27)14(18(26)24-20(25)28)7-12-8-15(21)17(23-3)16(22)9-12/h4-9,23H,1-3H3,(H,24,26,28)/b14-7+. The molecule has 8 heteroatoms. The van der Waals surface area contributed by atoms with E-state index in [9.17, 15) is 14.4 Å². The van der Waals surface area contributed by atoms with Crippen LogP contribution in [0.3, 0.4) is 0 Å². The summed E-state index contributed by atoms with van der Waals surface area (Å²) in [6.45, 7) is 3.77. The summed E-state index contributed by atoms with van der Waals surface area (Å²) in [5.41, 5.74) is 3.89. The molecule has 3 rings (SSSR count). The second kappa shape index (κ2) is 8.19. The van der Waals surface area contributed by atoms with Crippen LogP contribution in [0.1, 0.15) is 16.7 Å². The number of nitrogens with one attached hydrogen (secondary N) is 2. The summed E-state index contributed by atoms with van der Waals surface area (Å²) in [7, 11) is 1.84. The van der Waals surface area contributed by atoms with Gasteiger partial charge in [-0.25, -0.2) is 9.69 Å². The number of halogens is 2. The van der Waals surface area contributed by atoms with Gasteiger partial charge in [0.25, 0.3) is 11.8 Å². The first-order chi connectivity index (χ1) is 13.2. The Morgan fingerprint density at radius 1 is 0.964 bits per heavy atom. The van der Waals surface area contributed by atoms with Crippen molar-refractivity contribution in [1.82, 2.24) is 5.32 Å². The molecule has 1 heterocycles. The number of hydrogen-bond acceptors (Lipinski definition) is 4. The zero-order chi connectivity index (χ0) is 20.6. The summed E-state index contributed by atoms with van der Waals surface area (Å²) in [6, 6.07) is 8.44. The Labute approximate surface area is 190 Å². The van der Waals surface area contributed by atoms with Gasteiger partial charge in [0.1, 0.15) is 5.57 Å². The molecule has 0 atom stereocenters. The highest BCUT2D eigenvalue weighted by molar-refractivity contribution is 14.1. The van der Waals surface area contributed by atoms with Crippen LogP contribution in [0, 0.1) is 21.0 Å². The fraction of sp³-hybridized carbons (Fsp3) is 0.150. The van der Waals surface area contributed by atoms with Crippen molar-refractivity contribution in [3.05, 3.63) is 59.7 Å². The second-order valence-electron chi connectivity index (χ2n) is 6.41. The van der Waals surface area contributed by atoms with Gasteiger partial charge < -0.3 is 5.32 Å². The molecule has 0 spiro atoms. The third kappa shape index (κ3) is 4.07. The minimum Gasteiger partial charge on any atom is -0.386 e. The van der Waals surface area contributed by atoms with Crippen LogP contribution in [0.4, 0.5) is 16.2 Å². The number of hydrogen-bond donors (Lipinski definition) is 2. The normalized spacial score (nSPS) is 15.8. The van der Waals surface area contributed by atoms with E-state index < -0.39 is 17.8 Å². The summed E-state index contributed by atoms with van der Waals surface area (Å²) in [5, 5.41) is 5.38. The molecular formula is C20H17I2N3O3. The van der Waals surface area contributed by atoms with Gasteiger partial charge in [0.05, 0.1) is 11.4 Å². The number of urea groups is 1. The molecule has 1 fully saturated rings. The van der Waals surface area contributed by atoms with E-state index in [1.165, 1.54) is 6.08 Å². The van der Waals surface area contributed by atoms with E-state index >= 15 is 0 Å². The Morgan fingerprint density at radius 3 is 2.07 bits per heavy atom. The third-order valence-electron chi connectivity index (χ3n) is 4.19. The van der Waals surface area contributed by atoms with E-state index in [-0.39, 0.29) is 5.57 Å². The zero-order valence-corrected chi connectivity index (χ0v) is 19.7. The van der Waals surface area contributed by atoms with Gasteiger partial charge in [-0.1, -0.05) is 6.07 Å². The van der Waals surface area contributed by atoms with Crippen molar-refractivity contribution in [3.63, 3.8) is 0 Å². The highest BCUT2D eigenvalue weighted by atomic mass is 127. The van der Waals surface area contributed by atoms with Crippen LogP contribution >= 0.6 is 45.2 Å². The van der Waals surface area contributed by atoms with Crippen LogP contribution in [0.25, 0.3) is 6.08 Å². The highest BCUT2D eigenvalue weighted by Gasteiger charge is 2.37. The summed E-state index contributed by atoms with van der Waals surface area (Å²) in [4.78, 5) is 38.8. The van der Waals surface area contributed by atoms with Crippen molar-refractivity contribution >= 4 is 80.5 Å². The van der Waals surface area contributed by atoms with Crippen molar-refractivity contribution in [2.75, 3.05) is 17.3 Å². The Balaban J connectivity index is 2.06. The van der Waals surface area contributed by atoms with Crippen molar-refractivity contribution in [2.24, 2.45) is 0 Å². The maximum Gasteiger partial charge on any atom is 0.335 e. The van der Waals surface area contributed by atoms with Crippen molar-refractivity contribution in [2.45, 2.75) is 13.8 Å². The fourth-order valence-corrected chi connectivity index (χ4v) is 5.41. The molecule has 2 aromatic carbocycles. The van der Waals surface area contributed by atoms with Gasteiger partial charge in [-0.15, -0.1) is 0 Å². The van der Waals surface area contributed by atoms with E-state index in [0.717, 1.165) is 28.9 Å². The number of amides is 4. The Bertz CT molecular complexity index is 1000. The third-order valence-corrected chi connectivity index (χ3v) is 5.89. The summed E-state index contributed by atoms with van der Waals surface area (Å²) >= 11 is 4.39. The van der Waals surface area contributed by atoms with E-state index in [0.29, 0.717) is 11.3 Å². The van der Waals surface area contributed by atoms with Gasteiger partial charge in [-0.2, -0.15) is 0 Å². The number of carbonyl (C=O) groups excluding carboxylic acids is 3. The predicted octanol–water partition coefficient (Wildman–Crippen LogP) is 4.22. The van der Waals surface area contributed by atoms with Gasteiger partial charge in [-0.3, -0.25) is 14.9 Å². The monoisotopic (exact) mass is 601 g/mol. The van der Waals surface area contributed by atoms with E-state index in [1.54, 1.807) is 12.1 Å². The van der Waals surface area contributed by atoms with Crippen LogP contribution in [0.5, 0.6) is 0 Å². The largest absolute Gasteiger partial charge is 0.386 e. The number of benzene rings is 2. The second-order valence-corrected chi connectivity index (χ2v) is 8.74. The van der Waals surface area contributed by atoms with E-state index in [4.69, 9.17) is 0 Å². The van der Waals surface area contributed by atoms with Gasteiger partial charge in [0.15, 0.2) is 0 Å². The van der Waals surface area contributed by atoms with Crippen molar-refractivity contribution in [3.8, 4) is 0 Å². The Morgan fingerprint density at radius 2 is 1.54 bits per heavy atom. The lowest BCUT2D eigenvalue weighted by Crippen LogP contribution is -2.54. The van der Waals surface area contributed by atoms with Crippen LogP contribution in [0.15, 0.2) is 35.9 Å². The lowest BCUT2D eigenvalue weighted by molar-refractivity contribution is -0.122. The molecule has 4 amide bonds. The van der Waals surface area contributed by atoms with Gasteiger partial charge in [0, 0.05) is 14.2 Å². The molecule has 2 N–H and O–H groups in total. The van der Waals surface area contributed by atoms with Crippen LogP contribution in [0.2, 0.25) is 0 Å². The van der Waals surface area contributed by atoms with Crippen LogP contribution in [-0.4, -0.2) is 24.9 Å². The summed E-state index contributed by atoms with van der Waals surface area (Å²) in [6.07, 6.45) is 1.52. The van der Waals surface area contributed by atoms with Crippen molar-refractivity contribution < 1.29 is 14.4 Å². The molecule has 0 aliphatic carbocycles. The average Bonchev–Trinajstić information content (AvgIpc) is 2.57. The maximum atomic E-state index is 13.0. The number of nitrogens with zero attached hydrogens (tertiary/aromatic N) is 1. The Hall–Kier alpha value is -1.95. The molecule has 28 heavy (non-hydrogen) atoms. The summed E-state index contributed by atoms with van der Waals surface area (Å²) < 4.78 is 1.93. The topological polar surface area (TPSA) is 78.5 Å². The van der Waals surface area contributed by atoms with E-state index in [2.05, 4.69) is 55.8 Å². The molecule has 0 radical (unpaired) electrons. The predicted molar refractivity (Wildman–Crippen MR) is 126 cm³/mol. The molecule has 1 saturated heterocycles. The number of anilines is 2. The van der Waals surface area contributed by atoms with E-state index in [1.807, 2.05) is 39.1 Å². The minimum absolute atomic E-state index is 0.0810. The lowest BCUT2D eigenvalue weighted by atomic mass is 10.1. The maximum absolute atomic E-state index is 13.0. The van der Waals surface area contributed by atoms with Gasteiger partial charge in [-0.05, 0) is 106 Å². The van der Waals surface area contributed by atoms with Crippen molar-refractivity contribution in [1.29, 1.82) is 0 Å². The van der Waals surface area contributed by atoms with Gasteiger partial charge >= 0.3 is 6.03 Å². The molecule has 6 nitrogen and oxygen atoms in total. The summed E-state index contributed by atoms with van der Waals surface area (Å²) in [5.74, 6) is -1.33. The first-order valence-electron chi connectivity index (χ1n) is 8.38. The average molecular weight is 601 g/mol. The molecule has 0 aromatic heterocycles. The molecular weight excluding hydrogens is 584 g/mol. The SMILES string of the molecule is CNc1c(I)cc(/C=C2\C(=O)NC(=O)N(c3cc(C)cc(C)c3)C2=O)cc1I. The number of carbonyl (C=O) groups is 3. The lowest BCUT2D eigenvalue weighted by Gasteiger charge is -2.27. The number of rotatable bonds is 3. The molecule has 1 aliphatic heterocycles. The minimum atomic E-state index is -0.744. The number of aryl methyl sites for hydroxylation is 2. The fourth-order valence-electron chi connectivity index (χ4n) is 3.05. The van der Waals surface area contributed by atoms with Gasteiger partial charge in [0.2, 0.25) is 0 Å². The number of barbiturate groups is 1. The molecule has 1 aliphatic rings. The highest BCUT2D eigenvalue weighted by Crippen LogP contribution is 2.28. The van der Waals surface area contributed by atoms with Crippen LogP contribution in [-0.2, 0) is 9.59 Å². The molecule has 144 valence electrons. The molecule has 2 aromatic rings. The quantitative estimate of drug-likeness (QED) is 0.314. The first kappa shape index (κ1) is 20.8. The zero-order valence-electron chi connectivity index (χ0n) is 15.4. The molecule has 0 saturated carbocycles. The van der Waals surface area contributed by atoms with Crippen LogP contribution < -0.4 is 15.5 Å². The molecule has 0 bridgehead atoms. The smallest absolute Gasteiger partial charge is 0.335 e.